The number of aliphatic imine (C=N–C) groups is 1. The predicted molar refractivity (Wildman–Crippen MR) is 96.5 cm³/mol. The molecule has 0 amide bonds. The van der Waals surface area contributed by atoms with Crippen molar-refractivity contribution in [2.24, 2.45) is 10.9 Å². The highest BCUT2D eigenvalue weighted by molar-refractivity contribution is 5.80. The summed E-state index contributed by atoms with van der Waals surface area (Å²) in [6.07, 6.45) is 2.45. The van der Waals surface area contributed by atoms with Crippen LogP contribution in [0.1, 0.15) is 39.2 Å². The molecule has 4 nitrogen and oxygen atoms in total. The zero-order chi connectivity index (χ0) is 16.2. The van der Waals surface area contributed by atoms with E-state index >= 15 is 0 Å². The molecule has 1 aliphatic carbocycles. The van der Waals surface area contributed by atoms with Crippen molar-refractivity contribution in [1.29, 1.82) is 0 Å². The van der Waals surface area contributed by atoms with Gasteiger partial charge in [0.15, 0.2) is 5.96 Å². The zero-order valence-corrected chi connectivity index (χ0v) is 14.6. The Hall–Kier alpha value is -1.55. The lowest BCUT2D eigenvalue weighted by Crippen LogP contribution is -2.45. The lowest BCUT2D eigenvalue weighted by atomic mass is 10.2. The number of nitrogens with zero attached hydrogens (tertiary/aromatic N) is 2. The molecule has 0 aromatic heterocycles. The molecule has 3 rings (SSSR count). The largest absolute Gasteiger partial charge is 0.353 e. The Morgan fingerprint density at radius 1 is 1.17 bits per heavy atom. The van der Waals surface area contributed by atoms with Crippen LogP contribution in [0.3, 0.4) is 0 Å². The summed E-state index contributed by atoms with van der Waals surface area (Å²) in [6.45, 7) is 9.66. The molecule has 1 saturated carbocycles. The summed E-state index contributed by atoms with van der Waals surface area (Å²) in [5.41, 5.74) is 1.40. The molecule has 1 heterocycles. The second kappa shape index (κ2) is 7.35. The van der Waals surface area contributed by atoms with E-state index in [0.717, 1.165) is 31.5 Å². The second-order valence-corrected chi connectivity index (χ2v) is 7.13. The summed E-state index contributed by atoms with van der Waals surface area (Å²) in [4.78, 5) is 7.18. The number of hydrogen-bond acceptors (Lipinski definition) is 2. The van der Waals surface area contributed by atoms with Crippen LogP contribution in [0.15, 0.2) is 35.3 Å². The van der Waals surface area contributed by atoms with Gasteiger partial charge in [-0.15, -0.1) is 0 Å². The van der Waals surface area contributed by atoms with Gasteiger partial charge < -0.3 is 10.6 Å². The summed E-state index contributed by atoms with van der Waals surface area (Å²) in [6, 6.07) is 12.5. The van der Waals surface area contributed by atoms with Crippen LogP contribution in [0.5, 0.6) is 0 Å². The monoisotopic (exact) mass is 314 g/mol. The average molecular weight is 314 g/mol. The molecule has 0 bridgehead atoms. The molecule has 126 valence electrons. The van der Waals surface area contributed by atoms with E-state index in [1.165, 1.54) is 18.4 Å². The first kappa shape index (κ1) is 16.3. The van der Waals surface area contributed by atoms with Crippen molar-refractivity contribution < 1.29 is 0 Å². The van der Waals surface area contributed by atoms with Gasteiger partial charge in [-0.3, -0.25) is 9.89 Å². The standard InChI is InChI=1S/C19H30N4/c1-4-20-19(22-18-10-14(18)2)21-17-11-15(3)23(13-17)12-16-8-6-5-7-9-16/h5-9,14-15,17-18H,4,10-13H2,1-3H3,(H2,20,21,22). The van der Waals surface area contributed by atoms with Gasteiger partial charge in [0.05, 0.1) is 0 Å². The van der Waals surface area contributed by atoms with E-state index in [2.05, 4.69) is 71.6 Å². The minimum Gasteiger partial charge on any atom is -0.353 e. The van der Waals surface area contributed by atoms with Crippen LogP contribution in [-0.4, -0.2) is 42.1 Å². The lowest BCUT2D eigenvalue weighted by molar-refractivity contribution is 0.258. The molecule has 23 heavy (non-hydrogen) atoms. The third-order valence-electron chi connectivity index (χ3n) is 5.02. The normalized spacial score (nSPS) is 31.2. The quantitative estimate of drug-likeness (QED) is 0.648. The van der Waals surface area contributed by atoms with Crippen molar-refractivity contribution in [3.63, 3.8) is 0 Å². The third kappa shape index (κ3) is 4.47. The minimum atomic E-state index is 0.487. The Morgan fingerprint density at radius 3 is 2.57 bits per heavy atom. The van der Waals surface area contributed by atoms with Gasteiger partial charge >= 0.3 is 0 Å². The molecular weight excluding hydrogens is 284 g/mol. The Bertz CT molecular complexity index is 527. The first-order valence-corrected chi connectivity index (χ1v) is 9.01. The van der Waals surface area contributed by atoms with Gasteiger partial charge in [0, 0.05) is 37.8 Å². The molecular formula is C19H30N4. The van der Waals surface area contributed by atoms with Crippen molar-refractivity contribution in [1.82, 2.24) is 15.5 Å². The van der Waals surface area contributed by atoms with Crippen LogP contribution in [0.4, 0.5) is 0 Å². The molecule has 1 aromatic carbocycles. The molecule has 0 radical (unpaired) electrons. The summed E-state index contributed by atoms with van der Waals surface area (Å²) < 4.78 is 0. The lowest BCUT2D eigenvalue weighted by Gasteiger charge is -2.21. The number of benzene rings is 1. The molecule has 1 saturated heterocycles. The van der Waals surface area contributed by atoms with Crippen molar-refractivity contribution in [3.05, 3.63) is 35.9 Å². The van der Waals surface area contributed by atoms with Gasteiger partial charge in [0.1, 0.15) is 0 Å². The van der Waals surface area contributed by atoms with E-state index in [9.17, 15) is 0 Å². The number of guanidine groups is 1. The minimum absolute atomic E-state index is 0.487. The summed E-state index contributed by atoms with van der Waals surface area (Å²) in [5.74, 6) is 1.79. The number of nitrogens with one attached hydrogen (secondary N) is 2. The van der Waals surface area contributed by atoms with E-state index < -0.39 is 0 Å². The van der Waals surface area contributed by atoms with E-state index in [1.807, 2.05) is 0 Å². The first-order valence-electron chi connectivity index (χ1n) is 9.01. The Morgan fingerprint density at radius 2 is 1.91 bits per heavy atom. The van der Waals surface area contributed by atoms with Crippen molar-refractivity contribution in [3.8, 4) is 0 Å². The molecule has 4 heteroatoms. The van der Waals surface area contributed by atoms with E-state index in [1.54, 1.807) is 0 Å². The van der Waals surface area contributed by atoms with Crippen molar-refractivity contribution in [2.75, 3.05) is 13.1 Å². The Kier molecular flexibility index (Phi) is 5.21. The van der Waals surface area contributed by atoms with Crippen LogP contribution < -0.4 is 10.6 Å². The Labute approximate surface area is 140 Å². The molecule has 0 spiro atoms. The van der Waals surface area contributed by atoms with Crippen LogP contribution in [0, 0.1) is 5.92 Å². The highest BCUT2D eigenvalue weighted by Crippen LogP contribution is 2.29. The number of rotatable bonds is 5. The van der Waals surface area contributed by atoms with Crippen LogP contribution in [0.2, 0.25) is 0 Å². The van der Waals surface area contributed by atoms with E-state index in [0.29, 0.717) is 18.1 Å². The summed E-state index contributed by atoms with van der Waals surface area (Å²) >= 11 is 0. The predicted octanol–water partition coefficient (Wildman–Crippen LogP) is 2.61. The molecule has 2 N–H and O–H groups in total. The smallest absolute Gasteiger partial charge is 0.191 e. The van der Waals surface area contributed by atoms with Gasteiger partial charge in [0.25, 0.3) is 0 Å². The van der Waals surface area contributed by atoms with Crippen LogP contribution >= 0.6 is 0 Å². The fourth-order valence-corrected chi connectivity index (χ4v) is 3.42. The van der Waals surface area contributed by atoms with Crippen molar-refractivity contribution in [2.45, 2.75) is 58.3 Å². The van der Waals surface area contributed by atoms with Gasteiger partial charge in [-0.2, -0.15) is 0 Å². The molecule has 2 aliphatic rings. The van der Waals surface area contributed by atoms with E-state index in [4.69, 9.17) is 0 Å². The van der Waals surface area contributed by atoms with Gasteiger partial charge in [-0.25, -0.2) is 0 Å². The SMILES string of the molecule is CCN=C(NC1CC(C)N(Cc2ccccc2)C1)NC1CC1C. The maximum absolute atomic E-state index is 4.61. The summed E-state index contributed by atoms with van der Waals surface area (Å²) in [5, 5.41) is 7.22. The third-order valence-corrected chi connectivity index (χ3v) is 5.02. The van der Waals surface area contributed by atoms with Gasteiger partial charge in [-0.1, -0.05) is 37.3 Å². The maximum atomic E-state index is 4.61. The van der Waals surface area contributed by atoms with Crippen molar-refractivity contribution >= 4 is 5.96 Å². The molecule has 1 aliphatic heterocycles. The number of hydrogen-bond donors (Lipinski definition) is 2. The first-order chi connectivity index (χ1) is 11.2. The molecule has 2 fully saturated rings. The van der Waals surface area contributed by atoms with Crippen LogP contribution in [-0.2, 0) is 6.54 Å². The summed E-state index contributed by atoms with van der Waals surface area (Å²) in [7, 11) is 0. The molecule has 4 unspecified atom stereocenters. The molecule has 4 atom stereocenters. The average Bonchev–Trinajstić information content (AvgIpc) is 3.11. The van der Waals surface area contributed by atoms with Gasteiger partial charge in [-0.05, 0) is 38.2 Å². The fourth-order valence-electron chi connectivity index (χ4n) is 3.42. The highest BCUT2D eigenvalue weighted by Gasteiger charge is 2.34. The topological polar surface area (TPSA) is 39.7 Å². The number of likely N-dealkylation sites (tertiary alicyclic amines) is 1. The second-order valence-electron chi connectivity index (χ2n) is 7.13. The Balaban J connectivity index is 1.53. The maximum Gasteiger partial charge on any atom is 0.191 e. The van der Waals surface area contributed by atoms with E-state index in [-0.39, 0.29) is 0 Å². The fraction of sp³-hybridized carbons (Fsp3) is 0.632. The highest BCUT2D eigenvalue weighted by atomic mass is 15.3. The molecule has 1 aromatic rings. The van der Waals surface area contributed by atoms with Crippen LogP contribution in [0.25, 0.3) is 0 Å². The van der Waals surface area contributed by atoms with Gasteiger partial charge in [0.2, 0.25) is 0 Å². The zero-order valence-electron chi connectivity index (χ0n) is 14.6.